The van der Waals surface area contributed by atoms with Gasteiger partial charge >= 0.3 is 10.3 Å². The van der Waals surface area contributed by atoms with E-state index < -0.39 is 10.3 Å². The lowest BCUT2D eigenvalue weighted by molar-refractivity contribution is -0.134. The van der Waals surface area contributed by atoms with Crippen molar-refractivity contribution in [1.29, 1.82) is 0 Å². The van der Waals surface area contributed by atoms with Gasteiger partial charge in [0.15, 0.2) is 0 Å². The van der Waals surface area contributed by atoms with Crippen molar-refractivity contribution in [3.05, 3.63) is 12.8 Å². The summed E-state index contributed by atoms with van der Waals surface area (Å²) in [5.74, 6) is -0.336. The fourth-order valence-electron chi connectivity index (χ4n) is 1.16. The topological polar surface area (TPSA) is 77.9 Å². The molecule has 7 heteroatoms. The van der Waals surface area contributed by atoms with E-state index in [1.807, 2.05) is 0 Å². The van der Waals surface area contributed by atoms with Gasteiger partial charge in [-0.1, -0.05) is 6.58 Å². The summed E-state index contributed by atoms with van der Waals surface area (Å²) in [7, 11) is -4.41. The van der Waals surface area contributed by atoms with Gasteiger partial charge in [-0.15, -0.1) is 0 Å². The number of hydrogen-bond donors (Lipinski definition) is 1. The third-order valence-electron chi connectivity index (χ3n) is 1.68. The number of carbonyl (C=O) groups excluding carboxylic acids is 1. The van der Waals surface area contributed by atoms with Crippen molar-refractivity contribution >= 4 is 16.2 Å². The Morgan fingerprint density at radius 2 is 2.23 bits per heavy atom. The predicted octanol–water partition coefficient (Wildman–Crippen LogP) is -0.228. The molecule has 6 nitrogen and oxygen atoms in total. The van der Waals surface area contributed by atoms with E-state index in [4.69, 9.17) is 4.55 Å². The molecule has 0 aromatic carbocycles. The number of rotatable bonds is 3. The smallest absolute Gasteiger partial charge is 0.273 e. The molecular formula is C6H10N2O4S. The van der Waals surface area contributed by atoms with Crippen LogP contribution in [0.2, 0.25) is 0 Å². The molecule has 1 aliphatic heterocycles. The van der Waals surface area contributed by atoms with Crippen LogP contribution in [-0.4, -0.2) is 34.8 Å². The fraction of sp³-hybridized carbons (Fsp3) is 0.500. The molecule has 1 amide bonds. The lowest BCUT2D eigenvalue weighted by Gasteiger charge is -2.25. The summed E-state index contributed by atoms with van der Waals surface area (Å²) in [6.45, 7) is 3.48. The first kappa shape index (κ1) is 10.0. The van der Waals surface area contributed by atoms with Crippen molar-refractivity contribution in [3.8, 4) is 0 Å². The third kappa shape index (κ3) is 1.99. The van der Waals surface area contributed by atoms with Gasteiger partial charge in [0, 0.05) is 19.2 Å². The lowest BCUT2D eigenvalue weighted by Crippen LogP contribution is -2.43. The Hall–Kier alpha value is -1.08. The van der Waals surface area contributed by atoms with Crippen LogP contribution < -0.4 is 0 Å². The molecular weight excluding hydrogens is 196 g/mol. The Balaban J connectivity index is 2.90. The van der Waals surface area contributed by atoms with Crippen LogP contribution in [0.4, 0.5) is 0 Å². The molecule has 0 spiro atoms. The molecule has 1 fully saturated rings. The van der Waals surface area contributed by atoms with Crippen molar-refractivity contribution in [2.75, 3.05) is 6.54 Å². The minimum Gasteiger partial charge on any atom is -0.273 e. The Morgan fingerprint density at radius 3 is 2.54 bits per heavy atom. The SMILES string of the molecule is C=CN(N1CCCC1=O)S(=O)(=O)O. The molecule has 1 aliphatic rings. The van der Waals surface area contributed by atoms with E-state index in [1.54, 1.807) is 0 Å². The van der Waals surface area contributed by atoms with Crippen LogP contribution >= 0.6 is 0 Å². The van der Waals surface area contributed by atoms with Crippen LogP contribution in [0.25, 0.3) is 0 Å². The van der Waals surface area contributed by atoms with E-state index in [2.05, 4.69) is 6.58 Å². The Bertz CT molecular complexity index is 324. The molecule has 0 unspecified atom stereocenters. The zero-order valence-electron chi connectivity index (χ0n) is 6.88. The highest BCUT2D eigenvalue weighted by atomic mass is 32.2. The summed E-state index contributed by atoms with van der Waals surface area (Å²) < 4.78 is 30.6. The summed E-state index contributed by atoms with van der Waals surface area (Å²) in [6, 6.07) is 0. The normalized spacial score (nSPS) is 17.6. The zero-order valence-corrected chi connectivity index (χ0v) is 7.70. The third-order valence-corrected chi connectivity index (χ3v) is 2.50. The molecule has 0 radical (unpaired) electrons. The van der Waals surface area contributed by atoms with Crippen LogP contribution in [0, 0.1) is 0 Å². The molecule has 1 N–H and O–H groups in total. The summed E-state index contributed by atoms with van der Waals surface area (Å²) in [4.78, 5) is 11.1. The van der Waals surface area contributed by atoms with E-state index in [9.17, 15) is 13.2 Å². The maximum absolute atomic E-state index is 11.1. The average Bonchev–Trinajstić information content (AvgIpc) is 2.35. The average molecular weight is 206 g/mol. The highest BCUT2D eigenvalue weighted by Gasteiger charge is 2.30. The molecule has 0 aromatic rings. The summed E-state index contributed by atoms with van der Waals surface area (Å²) in [5, 5.41) is 0.947. The maximum atomic E-state index is 11.1. The first-order valence-electron chi connectivity index (χ1n) is 3.66. The summed E-state index contributed by atoms with van der Waals surface area (Å²) >= 11 is 0. The highest BCUT2D eigenvalue weighted by molar-refractivity contribution is 7.83. The van der Waals surface area contributed by atoms with Gasteiger partial charge in [-0.2, -0.15) is 12.8 Å². The Kier molecular flexibility index (Phi) is 2.58. The van der Waals surface area contributed by atoms with Gasteiger partial charge in [-0.25, -0.2) is 5.01 Å². The molecule has 0 atom stereocenters. The second-order valence-electron chi connectivity index (χ2n) is 2.55. The van der Waals surface area contributed by atoms with Gasteiger partial charge in [0.1, 0.15) is 0 Å². The van der Waals surface area contributed by atoms with Crippen LogP contribution in [0.3, 0.4) is 0 Å². The van der Waals surface area contributed by atoms with Gasteiger partial charge in [-0.05, 0) is 6.42 Å². The molecule has 0 aliphatic carbocycles. The van der Waals surface area contributed by atoms with Crippen molar-refractivity contribution < 1.29 is 17.8 Å². The molecule has 0 saturated carbocycles. The van der Waals surface area contributed by atoms with Crippen LogP contribution in [0.15, 0.2) is 12.8 Å². The monoisotopic (exact) mass is 206 g/mol. The largest absolute Gasteiger partial charge is 0.377 e. The van der Waals surface area contributed by atoms with Crippen molar-refractivity contribution in [2.24, 2.45) is 0 Å². The van der Waals surface area contributed by atoms with Gasteiger partial charge in [0.2, 0.25) is 5.91 Å². The van der Waals surface area contributed by atoms with Gasteiger partial charge in [-0.3, -0.25) is 9.35 Å². The Morgan fingerprint density at radius 1 is 1.62 bits per heavy atom. The van der Waals surface area contributed by atoms with E-state index >= 15 is 0 Å². The fourth-order valence-corrected chi connectivity index (χ4v) is 1.77. The van der Waals surface area contributed by atoms with Crippen LogP contribution in [-0.2, 0) is 15.1 Å². The first-order valence-corrected chi connectivity index (χ1v) is 5.06. The number of nitrogens with zero attached hydrogens (tertiary/aromatic N) is 2. The van der Waals surface area contributed by atoms with E-state index in [1.165, 1.54) is 0 Å². The molecule has 13 heavy (non-hydrogen) atoms. The van der Waals surface area contributed by atoms with Gasteiger partial charge < -0.3 is 0 Å². The highest BCUT2D eigenvalue weighted by Crippen LogP contribution is 2.15. The molecule has 0 aromatic heterocycles. The second kappa shape index (κ2) is 3.35. The van der Waals surface area contributed by atoms with E-state index in [0.29, 0.717) is 17.3 Å². The summed E-state index contributed by atoms with van der Waals surface area (Å²) in [6.07, 6.45) is 1.76. The lowest BCUT2D eigenvalue weighted by atomic mass is 10.4. The van der Waals surface area contributed by atoms with Crippen molar-refractivity contribution in [2.45, 2.75) is 12.8 Å². The molecule has 1 rings (SSSR count). The quantitative estimate of drug-likeness (QED) is 0.647. The van der Waals surface area contributed by atoms with Crippen LogP contribution in [0.5, 0.6) is 0 Å². The zero-order chi connectivity index (χ0) is 10.1. The maximum Gasteiger partial charge on any atom is 0.377 e. The van der Waals surface area contributed by atoms with Crippen LogP contribution in [0.1, 0.15) is 12.8 Å². The van der Waals surface area contributed by atoms with E-state index in [0.717, 1.165) is 11.2 Å². The molecule has 1 saturated heterocycles. The minimum absolute atomic E-state index is 0.282. The standard InChI is InChI=1S/C6H10N2O4S/c1-2-8(13(10,11)12)7-5-3-4-6(7)9/h2H,1,3-5H2,(H,10,11,12). The van der Waals surface area contributed by atoms with Crippen molar-refractivity contribution in [1.82, 2.24) is 9.42 Å². The molecule has 1 heterocycles. The first-order chi connectivity index (χ1) is 5.96. The number of carbonyl (C=O) groups is 1. The van der Waals surface area contributed by atoms with E-state index in [-0.39, 0.29) is 12.5 Å². The van der Waals surface area contributed by atoms with Crippen molar-refractivity contribution in [3.63, 3.8) is 0 Å². The minimum atomic E-state index is -4.41. The number of hydrogen-bond acceptors (Lipinski definition) is 3. The number of amides is 1. The molecule has 0 bridgehead atoms. The number of hydrazine groups is 1. The predicted molar refractivity (Wildman–Crippen MR) is 44.5 cm³/mol. The Labute approximate surface area is 76.3 Å². The molecule has 74 valence electrons. The van der Waals surface area contributed by atoms with Gasteiger partial charge in [0.25, 0.3) is 0 Å². The summed E-state index contributed by atoms with van der Waals surface area (Å²) in [5.41, 5.74) is 0. The second-order valence-corrected chi connectivity index (χ2v) is 3.82. The van der Waals surface area contributed by atoms with Gasteiger partial charge in [0.05, 0.1) is 0 Å².